The number of carbonyl (C=O) groups is 2. The zero-order chi connectivity index (χ0) is 18.4. The van der Waals surface area contributed by atoms with E-state index >= 15 is 0 Å². The number of aryl methyl sites for hydroxylation is 1. The fraction of sp³-hybridized carbons (Fsp3) is 0.263. The molecule has 0 bridgehead atoms. The van der Waals surface area contributed by atoms with Gasteiger partial charge in [0.2, 0.25) is 5.91 Å². The third-order valence-corrected chi connectivity index (χ3v) is 5.59. The van der Waals surface area contributed by atoms with Crippen molar-refractivity contribution < 1.29 is 18.0 Å². The van der Waals surface area contributed by atoms with Crippen LogP contribution in [0.5, 0.6) is 0 Å². The lowest BCUT2D eigenvalue weighted by molar-refractivity contribution is -0.116. The predicted octanol–water partition coefficient (Wildman–Crippen LogP) is 3.39. The maximum absolute atomic E-state index is 12.2. The van der Waals surface area contributed by atoms with Crippen LogP contribution < -0.4 is 5.32 Å². The Morgan fingerprint density at radius 1 is 0.960 bits per heavy atom. The molecule has 0 aliphatic rings. The van der Waals surface area contributed by atoms with E-state index in [1.54, 1.807) is 48.5 Å². The van der Waals surface area contributed by atoms with Crippen molar-refractivity contribution in [3.63, 3.8) is 0 Å². The number of hydrogen-bond acceptors (Lipinski definition) is 4. The molecule has 132 valence electrons. The summed E-state index contributed by atoms with van der Waals surface area (Å²) in [7, 11) is -3.38. The van der Waals surface area contributed by atoms with Crippen molar-refractivity contribution >= 4 is 27.2 Å². The first-order valence-corrected chi connectivity index (χ1v) is 9.63. The number of amides is 1. The molecule has 6 heteroatoms. The van der Waals surface area contributed by atoms with Gasteiger partial charge in [0.25, 0.3) is 0 Å². The van der Waals surface area contributed by atoms with Crippen LogP contribution in [0.25, 0.3) is 0 Å². The largest absolute Gasteiger partial charge is 0.326 e. The minimum atomic E-state index is -3.38. The van der Waals surface area contributed by atoms with E-state index < -0.39 is 9.84 Å². The summed E-state index contributed by atoms with van der Waals surface area (Å²) in [5.41, 5.74) is 2.15. The zero-order valence-corrected chi connectivity index (χ0v) is 15.1. The van der Waals surface area contributed by atoms with Crippen LogP contribution in [0.4, 0.5) is 5.69 Å². The highest BCUT2D eigenvalue weighted by atomic mass is 32.2. The molecule has 0 heterocycles. The van der Waals surface area contributed by atoms with Gasteiger partial charge in [-0.05, 0) is 56.7 Å². The normalized spacial score (nSPS) is 11.1. The van der Waals surface area contributed by atoms with Crippen LogP contribution in [0.3, 0.4) is 0 Å². The smallest absolute Gasteiger partial charge is 0.224 e. The number of hydrogen-bond donors (Lipinski definition) is 1. The quantitative estimate of drug-likeness (QED) is 0.769. The molecule has 0 saturated heterocycles. The van der Waals surface area contributed by atoms with Crippen LogP contribution >= 0.6 is 0 Å². The van der Waals surface area contributed by atoms with E-state index in [2.05, 4.69) is 5.32 Å². The number of benzene rings is 2. The van der Waals surface area contributed by atoms with Gasteiger partial charge in [0, 0.05) is 17.7 Å². The number of ketones is 1. The highest BCUT2D eigenvalue weighted by Gasteiger charge is 2.15. The van der Waals surface area contributed by atoms with Crippen LogP contribution in [0.2, 0.25) is 0 Å². The number of carbonyl (C=O) groups excluding carboxylic acids is 2. The molecule has 0 unspecified atom stereocenters. The fourth-order valence-electron chi connectivity index (χ4n) is 2.30. The summed E-state index contributed by atoms with van der Waals surface area (Å²) in [6.07, 6.45) is 0.354. The van der Waals surface area contributed by atoms with E-state index in [-0.39, 0.29) is 35.2 Å². The molecule has 0 aliphatic carbocycles. The summed E-state index contributed by atoms with van der Waals surface area (Å²) in [5.74, 6) is -0.374. The number of anilines is 1. The zero-order valence-electron chi connectivity index (χ0n) is 14.3. The molecule has 0 saturated carbocycles. The fourth-order valence-corrected chi connectivity index (χ4v) is 3.61. The molecule has 0 aromatic heterocycles. The summed E-state index contributed by atoms with van der Waals surface area (Å²) >= 11 is 0. The van der Waals surface area contributed by atoms with Crippen molar-refractivity contribution in [1.29, 1.82) is 0 Å². The summed E-state index contributed by atoms with van der Waals surface area (Å²) in [4.78, 5) is 23.4. The van der Waals surface area contributed by atoms with Gasteiger partial charge >= 0.3 is 0 Å². The number of nitrogens with one attached hydrogen (secondary N) is 1. The lowest BCUT2D eigenvalue weighted by Gasteiger charge is -2.07. The molecular formula is C19H21NO4S. The third-order valence-electron chi connectivity index (χ3n) is 3.77. The molecule has 1 amide bonds. The third kappa shape index (κ3) is 5.53. The summed E-state index contributed by atoms with van der Waals surface area (Å²) < 4.78 is 24.4. The van der Waals surface area contributed by atoms with Gasteiger partial charge in [-0.3, -0.25) is 9.59 Å². The molecule has 25 heavy (non-hydrogen) atoms. The van der Waals surface area contributed by atoms with Crippen molar-refractivity contribution in [3.05, 3.63) is 59.7 Å². The molecule has 0 radical (unpaired) electrons. The summed E-state index contributed by atoms with van der Waals surface area (Å²) in [6, 6.07) is 13.3. The first-order valence-electron chi connectivity index (χ1n) is 7.98. The maximum atomic E-state index is 12.2. The summed E-state index contributed by atoms with van der Waals surface area (Å²) in [5, 5.41) is 2.70. The molecular weight excluding hydrogens is 338 g/mol. The molecule has 0 aliphatic heterocycles. The first-order chi connectivity index (χ1) is 11.8. The van der Waals surface area contributed by atoms with Crippen LogP contribution in [0.1, 0.15) is 35.7 Å². The van der Waals surface area contributed by atoms with Crippen LogP contribution in [-0.4, -0.2) is 25.9 Å². The van der Waals surface area contributed by atoms with Gasteiger partial charge in [-0.25, -0.2) is 8.42 Å². The topological polar surface area (TPSA) is 80.3 Å². The second-order valence-corrected chi connectivity index (χ2v) is 8.03. The monoisotopic (exact) mass is 359 g/mol. The maximum Gasteiger partial charge on any atom is 0.224 e. The standard InChI is InChI=1S/C19H21NO4S/c1-14-5-11-18(12-6-14)25(23,24)13-3-4-19(22)20-17-9-7-16(8-10-17)15(2)21/h5-12H,3-4,13H2,1-2H3,(H,20,22). The van der Waals surface area contributed by atoms with Gasteiger partial charge in [-0.15, -0.1) is 0 Å². The average Bonchev–Trinajstić information content (AvgIpc) is 2.55. The van der Waals surface area contributed by atoms with Gasteiger partial charge in [-0.2, -0.15) is 0 Å². The molecule has 2 aromatic carbocycles. The Bertz CT molecular complexity index is 853. The molecule has 0 spiro atoms. The van der Waals surface area contributed by atoms with Gasteiger partial charge in [0.05, 0.1) is 10.6 Å². The van der Waals surface area contributed by atoms with Crippen LogP contribution in [0, 0.1) is 6.92 Å². The Kier molecular flexibility index (Phi) is 6.09. The minimum Gasteiger partial charge on any atom is -0.326 e. The highest BCUT2D eigenvalue weighted by molar-refractivity contribution is 7.91. The number of rotatable bonds is 7. The van der Waals surface area contributed by atoms with E-state index in [1.165, 1.54) is 6.92 Å². The van der Waals surface area contributed by atoms with Crippen LogP contribution in [-0.2, 0) is 14.6 Å². The van der Waals surface area contributed by atoms with E-state index in [0.29, 0.717) is 11.3 Å². The first kappa shape index (κ1) is 18.9. The van der Waals surface area contributed by atoms with Crippen LogP contribution in [0.15, 0.2) is 53.4 Å². The average molecular weight is 359 g/mol. The molecule has 0 atom stereocenters. The molecule has 2 aromatic rings. The van der Waals surface area contributed by atoms with Gasteiger partial charge in [0.1, 0.15) is 0 Å². The van der Waals surface area contributed by atoms with Gasteiger partial charge < -0.3 is 5.32 Å². The highest BCUT2D eigenvalue weighted by Crippen LogP contribution is 2.15. The van der Waals surface area contributed by atoms with Crippen molar-refractivity contribution in [2.45, 2.75) is 31.6 Å². The molecule has 2 rings (SSSR count). The van der Waals surface area contributed by atoms with Crippen molar-refractivity contribution in [2.75, 3.05) is 11.1 Å². The van der Waals surface area contributed by atoms with Crippen molar-refractivity contribution in [2.24, 2.45) is 0 Å². The molecule has 0 fully saturated rings. The van der Waals surface area contributed by atoms with Crippen molar-refractivity contribution in [3.8, 4) is 0 Å². The second kappa shape index (κ2) is 8.07. The molecule has 1 N–H and O–H groups in total. The lowest BCUT2D eigenvalue weighted by Crippen LogP contribution is -2.14. The predicted molar refractivity (Wildman–Crippen MR) is 97.5 cm³/mol. The Morgan fingerprint density at radius 2 is 1.56 bits per heavy atom. The number of Topliss-reactive ketones (excluding diaryl/α,β-unsaturated/α-hetero) is 1. The van der Waals surface area contributed by atoms with Gasteiger partial charge in [-0.1, -0.05) is 17.7 Å². The second-order valence-electron chi connectivity index (χ2n) is 5.92. The van der Waals surface area contributed by atoms with Gasteiger partial charge in [0.15, 0.2) is 15.6 Å². The van der Waals surface area contributed by atoms with E-state index in [1.807, 2.05) is 6.92 Å². The lowest BCUT2D eigenvalue weighted by atomic mass is 10.1. The summed E-state index contributed by atoms with van der Waals surface area (Å²) in [6.45, 7) is 3.37. The Labute approximate surface area is 148 Å². The SMILES string of the molecule is CC(=O)c1ccc(NC(=O)CCCS(=O)(=O)c2ccc(C)cc2)cc1. The Morgan fingerprint density at radius 3 is 2.12 bits per heavy atom. The number of sulfone groups is 1. The van der Waals surface area contributed by atoms with E-state index in [4.69, 9.17) is 0 Å². The molecule has 5 nitrogen and oxygen atoms in total. The Hall–Kier alpha value is -2.47. The van der Waals surface area contributed by atoms with Crippen molar-refractivity contribution in [1.82, 2.24) is 0 Å². The van der Waals surface area contributed by atoms with E-state index in [0.717, 1.165) is 5.56 Å². The van der Waals surface area contributed by atoms with E-state index in [9.17, 15) is 18.0 Å². The minimum absolute atomic E-state index is 0.0424. The Balaban J connectivity index is 1.85.